The van der Waals surface area contributed by atoms with Crippen LogP contribution in [0.15, 0.2) is 24.3 Å². The van der Waals surface area contributed by atoms with Crippen LogP contribution in [0.2, 0.25) is 0 Å². The van der Waals surface area contributed by atoms with Crippen LogP contribution >= 0.6 is 0 Å². The molecule has 96 valence electrons. The monoisotopic (exact) mass is 237 g/mol. The summed E-state index contributed by atoms with van der Waals surface area (Å²) >= 11 is 0. The van der Waals surface area contributed by atoms with E-state index in [0.717, 1.165) is 38.5 Å². The number of hydrogen-bond donors (Lipinski definition) is 1. The van der Waals surface area contributed by atoms with Crippen molar-refractivity contribution >= 4 is 0 Å². The molecule has 3 heteroatoms. The molecule has 3 nitrogen and oxygen atoms in total. The first-order chi connectivity index (χ1) is 8.36. The van der Waals surface area contributed by atoms with E-state index in [9.17, 15) is 0 Å². The highest BCUT2D eigenvalue weighted by atomic mass is 16.5. The molecule has 0 atom stereocenters. The number of aryl methyl sites for hydroxylation is 1. The van der Waals surface area contributed by atoms with Gasteiger partial charge in [0.05, 0.1) is 6.61 Å². The van der Waals surface area contributed by atoms with E-state index >= 15 is 0 Å². The Morgan fingerprint density at radius 1 is 1.12 bits per heavy atom. The van der Waals surface area contributed by atoms with Crippen molar-refractivity contribution in [3.05, 3.63) is 29.8 Å². The van der Waals surface area contributed by atoms with Gasteiger partial charge in [-0.05, 0) is 31.0 Å². The second-order valence-electron chi connectivity index (χ2n) is 3.80. The average Bonchev–Trinajstić information content (AvgIpc) is 2.38. The topological polar surface area (TPSA) is 30.5 Å². The molecule has 0 aliphatic heterocycles. The number of hydrogen-bond acceptors (Lipinski definition) is 3. The van der Waals surface area contributed by atoms with Gasteiger partial charge < -0.3 is 14.8 Å². The number of benzene rings is 1. The Hall–Kier alpha value is -1.06. The van der Waals surface area contributed by atoms with Crippen LogP contribution in [-0.4, -0.2) is 32.9 Å². The lowest BCUT2D eigenvalue weighted by molar-refractivity contribution is 0.148. The molecular formula is C14H23NO2. The van der Waals surface area contributed by atoms with E-state index in [2.05, 4.69) is 24.4 Å². The van der Waals surface area contributed by atoms with Crippen LogP contribution in [0.4, 0.5) is 0 Å². The quantitative estimate of drug-likeness (QED) is 0.668. The predicted octanol–water partition coefficient (Wildman–Crippen LogP) is 2.25. The number of ether oxygens (including phenoxy) is 2. The molecule has 1 N–H and O–H groups in total. The number of rotatable bonds is 9. The zero-order valence-electron chi connectivity index (χ0n) is 10.9. The molecule has 0 bridgehead atoms. The normalized spacial score (nSPS) is 10.5. The summed E-state index contributed by atoms with van der Waals surface area (Å²) in [6, 6.07) is 8.25. The molecule has 0 amide bonds. The lowest BCUT2D eigenvalue weighted by atomic mass is 10.2. The molecule has 1 aromatic carbocycles. The van der Waals surface area contributed by atoms with E-state index in [0.29, 0.717) is 6.61 Å². The fourth-order valence-corrected chi connectivity index (χ4v) is 1.51. The predicted molar refractivity (Wildman–Crippen MR) is 70.7 cm³/mol. The summed E-state index contributed by atoms with van der Waals surface area (Å²) in [4.78, 5) is 0. The fourth-order valence-electron chi connectivity index (χ4n) is 1.51. The van der Waals surface area contributed by atoms with Crippen molar-refractivity contribution in [1.82, 2.24) is 5.32 Å². The minimum atomic E-state index is 0.694. The molecule has 0 fully saturated rings. The summed E-state index contributed by atoms with van der Waals surface area (Å²) in [6.07, 6.45) is 1.05. The Morgan fingerprint density at radius 2 is 1.94 bits per heavy atom. The Labute approximate surface area is 104 Å². The first-order valence-electron chi connectivity index (χ1n) is 6.37. The molecule has 0 saturated carbocycles. The van der Waals surface area contributed by atoms with Crippen LogP contribution in [0, 0.1) is 0 Å². The molecule has 0 unspecified atom stereocenters. The standard InChI is InChI=1S/C14H23NO2/c1-3-13-6-5-7-14(12-13)17-11-9-15-8-10-16-4-2/h5-7,12,15H,3-4,8-11H2,1-2H3. The maximum Gasteiger partial charge on any atom is 0.119 e. The second kappa shape index (κ2) is 9.02. The molecule has 17 heavy (non-hydrogen) atoms. The van der Waals surface area contributed by atoms with Crippen LogP contribution in [0.3, 0.4) is 0 Å². The molecule has 0 aliphatic rings. The molecule has 1 rings (SSSR count). The van der Waals surface area contributed by atoms with Crippen LogP contribution in [0.5, 0.6) is 5.75 Å². The Balaban J connectivity index is 2.09. The third-order valence-electron chi connectivity index (χ3n) is 2.48. The summed E-state index contributed by atoms with van der Waals surface area (Å²) in [5, 5.41) is 3.27. The second-order valence-corrected chi connectivity index (χ2v) is 3.80. The van der Waals surface area contributed by atoms with Crippen LogP contribution in [0.1, 0.15) is 19.4 Å². The van der Waals surface area contributed by atoms with Crippen molar-refractivity contribution in [2.45, 2.75) is 20.3 Å². The molecule has 0 aromatic heterocycles. The van der Waals surface area contributed by atoms with Crippen LogP contribution in [0.25, 0.3) is 0 Å². The third kappa shape index (κ3) is 6.29. The van der Waals surface area contributed by atoms with Crippen LogP contribution < -0.4 is 10.1 Å². The SMILES string of the molecule is CCOCCNCCOc1cccc(CC)c1. The summed E-state index contributed by atoms with van der Waals surface area (Å²) < 4.78 is 10.9. The highest BCUT2D eigenvalue weighted by molar-refractivity contribution is 5.28. The lowest BCUT2D eigenvalue weighted by Crippen LogP contribution is -2.25. The van der Waals surface area contributed by atoms with Gasteiger partial charge in [-0.1, -0.05) is 19.1 Å². The zero-order chi connectivity index (χ0) is 12.3. The third-order valence-corrected chi connectivity index (χ3v) is 2.48. The molecule has 0 spiro atoms. The first-order valence-corrected chi connectivity index (χ1v) is 6.37. The molecular weight excluding hydrogens is 214 g/mol. The van der Waals surface area contributed by atoms with Crippen molar-refractivity contribution in [2.24, 2.45) is 0 Å². The van der Waals surface area contributed by atoms with Gasteiger partial charge in [-0.3, -0.25) is 0 Å². The summed E-state index contributed by atoms with van der Waals surface area (Å²) in [5.41, 5.74) is 1.31. The largest absolute Gasteiger partial charge is 0.492 e. The summed E-state index contributed by atoms with van der Waals surface area (Å²) in [5.74, 6) is 0.955. The van der Waals surface area contributed by atoms with E-state index in [1.807, 2.05) is 19.1 Å². The number of nitrogens with one attached hydrogen (secondary N) is 1. The maximum absolute atomic E-state index is 5.65. The molecule has 0 radical (unpaired) electrons. The molecule has 0 aliphatic carbocycles. The minimum Gasteiger partial charge on any atom is -0.492 e. The molecule has 0 heterocycles. The van der Waals surface area contributed by atoms with E-state index in [-0.39, 0.29) is 0 Å². The van der Waals surface area contributed by atoms with Crippen molar-refractivity contribution in [3.8, 4) is 5.75 Å². The van der Waals surface area contributed by atoms with Crippen molar-refractivity contribution in [1.29, 1.82) is 0 Å². The summed E-state index contributed by atoms with van der Waals surface area (Å²) in [7, 11) is 0. The van der Waals surface area contributed by atoms with Gasteiger partial charge >= 0.3 is 0 Å². The highest BCUT2D eigenvalue weighted by Crippen LogP contribution is 2.13. The highest BCUT2D eigenvalue weighted by Gasteiger charge is 1.95. The van der Waals surface area contributed by atoms with Gasteiger partial charge in [0.1, 0.15) is 12.4 Å². The lowest BCUT2D eigenvalue weighted by Gasteiger charge is -2.08. The van der Waals surface area contributed by atoms with E-state index in [1.165, 1.54) is 5.56 Å². The van der Waals surface area contributed by atoms with Gasteiger partial charge in [-0.15, -0.1) is 0 Å². The smallest absolute Gasteiger partial charge is 0.119 e. The van der Waals surface area contributed by atoms with Crippen molar-refractivity contribution in [3.63, 3.8) is 0 Å². The van der Waals surface area contributed by atoms with Gasteiger partial charge in [-0.25, -0.2) is 0 Å². The molecule has 0 saturated heterocycles. The fraction of sp³-hybridized carbons (Fsp3) is 0.571. The maximum atomic E-state index is 5.65. The van der Waals surface area contributed by atoms with Gasteiger partial charge in [0.15, 0.2) is 0 Å². The van der Waals surface area contributed by atoms with Crippen molar-refractivity contribution < 1.29 is 9.47 Å². The van der Waals surface area contributed by atoms with E-state index in [1.54, 1.807) is 0 Å². The Bertz CT molecular complexity index is 302. The average molecular weight is 237 g/mol. The zero-order valence-corrected chi connectivity index (χ0v) is 10.9. The van der Waals surface area contributed by atoms with E-state index < -0.39 is 0 Å². The first kappa shape index (κ1) is 14.0. The van der Waals surface area contributed by atoms with Gasteiger partial charge in [0, 0.05) is 19.7 Å². The minimum absolute atomic E-state index is 0.694. The summed E-state index contributed by atoms with van der Waals surface area (Å²) in [6.45, 7) is 8.12. The van der Waals surface area contributed by atoms with Crippen LogP contribution in [-0.2, 0) is 11.2 Å². The van der Waals surface area contributed by atoms with E-state index in [4.69, 9.17) is 9.47 Å². The van der Waals surface area contributed by atoms with Gasteiger partial charge in [-0.2, -0.15) is 0 Å². The van der Waals surface area contributed by atoms with Crippen molar-refractivity contribution in [2.75, 3.05) is 32.9 Å². The Kier molecular flexibility index (Phi) is 7.43. The van der Waals surface area contributed by atoms with Gasteiger partial charge in [0.2, 0.25) is 0 Å². The molecule has 1 aromatic rings. The Morgan fingerprint density at radius 3 is 2.71 bits per heavy atom. The van der Waals surface area contributed by atoms with Gasteiger partial charge in [0.25, 0.3) is 0 Å².